The van der Waals surface area contributed by atoms with Crippen molar-refractivity contribution in [2.75, 3.05) is 11.9 Å². The average molecular weight is 267 g/mol. The molecular formula is C15H23ClN2. The number of hydrogen-bond acceptors (Lipinski definition) is 2. The molecule has 1 unspecified atom stereocenters. The summed E-state index contributed by atoms with van der Waals surface area (Å²) < 4.78 is 0. The van der Waals surface area contributed by atoms with Gasteiger partial charge in [0, 0.05) is 29.8 Å². The van der Waals surface area contributed by atoms with Crippen LogP contribution < -0.4 is 10.6 Å². The van der Waals surface area contributed by atoms with Crippen molar-refractivity contribution in [3.63, 3.8) is 0 Å². The Morgan fingerprint density at radius 3 is 2.67 bits per heavy atom. The lowest BCUT2D eigenvalue weighted by atomic mass is 10.0. The van der Waals surface area contributed by atoms with E-state index < -0.39 is 0 Å². The first-order valence-electron chi connectivity index (χ1n) is 6.85. The minimum absolute atomic E-state index is 0.166. The molecule has 1 fully saturated rings. The third kappa shape index (κ3) is 3.18. The van der Waals surface area contributed by atoms with E-state index in [0.717, 1.165) is 11.4 Å². The van der Waals surface area contributed by atoms with Crippen LogP contribution in [0.3, 0.4) is 0 Å². The molecule has 2 rings (SSSR count). The van der Waals surface area contributed by atoms with Crippen LogP contribution >= 0.6 is 11.6 Å². The van der Waals surface area contributed by atoms with Gasteiger partial charge in [-0.15, -0.1) is 0 Å². The number of halogens is 1. The van der Waals surface area contributed by atoms with E-state index in [9.17, 15) is 0 Å². The third-order valence-corrected chi connectivity index (χ3v) is 4.07. The fraction of sp³-hybridized carbons (Fsp3) is 0.600. The number of anilines is 1. The van der Waals surface area contributed by atoms with Crippen LogP contribution in [0.25, 0.3) is 0 Å². The molecule has 0 bridgehead atoms. The molecule has 0 aliphatic heterocycles. The van der Waals surface area contributed by atoms with E-state index in [2.05, 4.69) is 24.1 Å². The molecule has 0 aromatic heterocycles. The first-order valence-corrected chi connectivity index (χ1v) is 7.22. The van der Waals surface area contributed by atoms with Crippen molar-refractivity contribution in [2.45, 2.75) is 51.1 Å². The molecule has 0 saturated heterocycles. The van der Waals surface area contributed by atoms with Gasteiger partial charge in [-0.25, -0.2) is 0 Å². The van der Waals surface area contributed by atoms with Crippen molar-refractivity contribution >= 4 is 17.3 Å². The van der Waals surface area contributed by atoms with Gasteiger partial charge in [-0.2, -0.15) is 0 Å². The normalized spacial score (nSPS) is 18.0. The van der Waals surface area contributed by atoms with E-state index in [1.165, 1.54) is 36.9 Å². The topological polar surface area (TPSA) is 29.3 Å². The van der Waals surface area contributed by atoms with E-state index in [1.807, 2.05) is 13.0 Å². The van der Waals surface area contributed by atoms with Gasteiger partial charge in [-0.05, 0) is 49.9 Å². The number of nitrogens with two attached hydrogens (primary N) is 1. The Balaban J connectivity index is 2.24. The van der Waals surface area contributed by atoms with Crippen molar-refractivity contribution in [3.05, 3.63) is 28.8 Å². The van der Waals surface area contributed by atoms with Crippen LogP contribution in [0.5, 0.6) is 0 Å². The maximum Gasteiger partial charge on any atom is 0.0410 e. The maximum atomic E-state index is 6.11. The van der Waals surface area contributed by atoms with Crippen LogP contribution in [0, 0.1) is 0 Å². The number of nitrogens with zero attached hydrogens (tertiary/aromatic N) is 1. The van der Waals surface area contributed by atoms with Crippen molar-refractivity contribution in [3.8, 4) is 0 Å². The summed E-state index contributed by atoms with van der Waals surface area (Å²) in [6.45, 7) is 2.04. The van der Waals surface area contributed by atoms with Gasteiger partial charge in [0.05, 0.1) is 0 Å². The quantitative estimate of drug-likeness (QED) is 0.902. The van der Waals surface area contributed by atoms with Gasteiger partial charge in [0.1, 0.15) is 0 Å². The molecule has 0 spiro atoms. The molecule has 1 atom stereocenters. The van der Waals surface area contributed by atoms with Crippen LogP contribution in [0.2, 0.25) is 5.02 Å². The summed E-state index contributed by atoms with van der Waals surface area (Å²) in [5, 5.41) is 0.800. The summed E-state index contributed by atoms with van der Waals surface area (Å²) >= 11 is 6.11. The molecule has 0 radical (unpaired) electrons. The molecule has 2 nitrogen and oxygen atoms in total. The van der Waals surface area contributed by atoms with Gasteiger partial charge in [0.25, 0.3) is 0 Å². The molecule has 1 aliphatic carbocycles. The smallest absolute Gasteiger partial charge is 0.0410 e. The number of hydrogen-bond donors (Lipinski definition) is 1. The van der Waals surface area contributed by atoms with Gasteiger partial charge < -0.3 is 10.6 Å². The highest BCUT2D eigenvalue weighted by molar-refractivity contribution is 6.30. The summed E-state index contributed by atoms with van der Waals surface area (Å²) in [7, 11) is 2.20. The highest BCUT2D eigenvalue weighted by Gasteiger charge is 2.21. The van der Waals surface area contributed by atoms with E-state index in [4.69, 9.17) is 17.3 Å². The Labute approximate surface area is 115 Å². The van der Waals surface area contributed by atoms with Crippen molar-refractivity contribution in [1.82, 2.24) is 0 Å². The molecule has 1 aliphatic rings. The van der Waals surface area contributed by atoms with Crippen LogP contribution in [-0.2, 0) is 6.42 Å². The maximum absolute atomic E-state index is 6.11. The second-order valence-corrected chi connectivity index (χ2v) is 5.94. The fourth-order valence-corrected chi connectivity index (χ4v) is 3.09. The predicted octanol–water partition coefficient (Wildman–Crippen LogP) is 3.61. The summed E-state index contributed by atoms with van der Waals surface area (Å²) in [4.78, 5) is 2.42. The van der Waals surface area contributed by atoms with E-state index in [-0.39, 0.29) is 6.04 Å². The zero-order valence-corrected chi connectivity index (χ0v) is 12.1. The molecule has 0 amide bonds. The van der Waals surface area contributed by atoms with E-state index >= 15 is 0 Å². The Hall–Kier alpha value is -0.730. The highest BCUT2D eigenvalue weighted by Crippen LogP contribution is 2.31. The first kappa shape index (κ1) is 13.7. The minimum Gasteiger partial charge on any atom is -0.371 e. The van der Waals surface area contributed by atoms with Gasteiger partial charge in [0.15, 0.2) is 0 Å². The monoisotopic (exact) mass is 266 g/mol. The van der Waals surface area contributed by atoms with Crippen LogP contribution in [0.1, 0.15) is 38.2 Å². The Morgan fingerprint density at radius 2 is 2.06 bits per heavy atom. The first-order chi connectivity index (χ1) is 8.58. The van der Waals surface area contributed by atoms with E-state index in [1.54, 1.807) is 0 Å². The summed E-state index contributed by atoms with van der Waals surface area (Å²) in [5.74, 6) is 0. The molecule has 3 heteroatoms. The minimum atomic E-state index is 0.166. The van der Waals surface area contributed by atoms with Crippen LogP contribution in [0.4, 0.5) is 5.69 Å². The van der Waals surface area contributed by atoms with E-state index in [0.29, 0.717) is 6.04 Å². The summed E-state index contributed by atoms with van der Waals surface area (Å²) in [5.41, 5.74) is 8.50. The SMILES string of the molecule is CC(N)Cc1cc(Cl)ccc1N(C)C1CCCC1. The number of benzene rings is 1. The molecular weight excluding hydrogens is 244 g/mol. The molecule has 1 saturated carbocycles. The second-order valence-electron chi connectivity index (χ2n) is 5.50. The largest absolute Gasteiger partial charge is 0.371 e. The second kappa shape index (κ2) is 5.94. The molecule has 100 valence electrons. The lowest BCUT2D eigenvalue weighted by Gasteiger charge is -2.29. The number of rotatable bonds is 4. The third-order valence-electron chi connectivity index (χ3n) is 3.84. The Kier molecular flexibility index (Phi) is 4.52. The van der Waals surface area contributed by atoms with Gasteiger partial charge >= 0.3 is 0 Å². The lowest BCUT2D eigenvalue weighted by molar-refractivity contribution is 0.646. The lowest BCUT2D eigenvalue weighted by Crippen LogP contribution is -2.30. The molecule has 1 aromatic carbocycles. The molecule has 0 heterocycles. The Morgan fingerprint density at radius 1 is 1.39 bits per heavy atom. The molecule has 2 N–H and O–H groups in total. The molecule has 18 heavy (non-hydrogen) atoms. The summed E-state index contributed by atoms with van der Waals surface area (Å²) in [6, 6.07) is 7.02. The fourth-order valence-electron chi connectivity index (χ4n) is 2.90. The van der Waals surface area contributed by atoms with Gasteiger partial charge in [-0.1, -0.05) is 24.4 Å². The average Bonchev–Trinajstić information content (AvgIpc) is 2.81. The molecule has 1 aromatic rings. The van der Waals surface area contributed by atoms with Gasteiger partial charge in [-0.3, -0.25) is 0 Å². The summed E-state index contributed by atoms with van der Waals surface area (Å²) in [6.07, 6.45) is 6.19. The predicted molar refractivity (Wildman–Crippen MR) is 79.5 cm³/mol. The highest BCUT2D eigenvalue weighted by atomic mass is 35.5. The Bertz CT molecular complexity index is 397. The van der Waals surface area contributed by atoms with Crippen LogP contribution in [-0.4, -0.2) is 19.1 Å². The van der Waals surface area contributed by atoms with Crippen molar-refractivity contribution < 1.29 is 0 Å². The van der Waals surface area contributed by atoms with Crippen molar-refractivity contribution in [2.24, 2.45) is 5.73 Å². The standard InChI is InChI=1S/C15H23ClN2/c1-11(17)9-12-10-13(16)7-8-15(12)18(2)14-5-3-4-6-14/h7-8,10-11,14H,3-6,9,17H2,1-2H3. The van der Waals surface area contributed by atoms with Gasteiger partial charge in [0.2, 0.25) is 0 Å². The van der Waals surface area contributed by atoms with Crippen LogP contribution in [0.15, 0.2) is 18.2 Å². The van der Waals surface area contributed by atoms with Crippen molar-refractivity contribution in [1.29, 1.82) is 0 Å². The zero-order valence-electron chi connectivity index (χ0n) is 11.3. The zero-order chi connectivity index (χ0) is 13.1.